The molecule has 26 heavy (non-hydrogen) atoms. The Morgan fingerprint density at radius 2 is 1.65 bits per heavy atom. The van der Waals surface area contributed by atoms with Gasteiger partial charge in [-0.2, -0.15) is 10.2 Å². The zero-order valence-corrected chi connectivity index (χ0v) is 15.2. The Hall–Kier alpha value is -2.62. The van der Waals surface area contributed by atoms with Gasteiger partial charge in [0.15, 0.2) is 5.78 Å². The number of sulfonamides is 1. The second kappa shape index (κ2) is 8.17. The molecule has 0 bridgehead atoms. The third-order valence-corrected chi connectivity index (χ3v) is 4.38. The van der Waals surface area contributed by atoms with Crippen molar-refractivity contribution >= 4 is 44.7 Å². The zero-order chi connectivity index (χ0) is 19.3. The van der Waals surface area contributed by atoms with E-state index in [1.54, 1.807) is 24.3 Å². The van der Waals surface area contributed by atoms with Gasteiger partial charge in [-0.3, -0.25) is 9.59 Å². The number of anilines is 1. The van der Waals surface area contributed by atoms with Crippen molar-refractivity contribution in [2.45, 2.75) is 17.9 Å². The molecule has 0 saturated carbocycles. The minimum absolute atomic E-state index is 0.0833. The van der Waals surface area contributed by atoms with Crippen LogP contribution in [0.5, 0.6) is 0 Å². The Morgan fingerprint density at radius 3 is 2.15 bits per heavy atom. The SMILES string of the molecule is CC(=O)[C@@H](N=Nc1ccc(S(N)(=O)=O)cc1)C(=O)Nc1ccc(Cl)cc1. The minimum Gasteiger partial charge on any atom is -0.324 e. The highest BCUT2D eigenvalue weighted by Gasteiger charge is 2.23. The molecule has 1 atom stereocenters. The van der Waals surface area contributed by atoms with Crippen LogP contribution in [0.4, 0.5) is 11.4 Å². The Balaban J connectivity index is 2.14. The van der Waals surface area contributed by atoms with Gasteiger partial charge in [0.05, 0.1) is 10.6 Å². The summed E-state index contributed by atoms with van der Waals surface area (Å²) in [6.45, 7) is 1.22. The summed E-state index contributed by atoms with van der Waals surface area (Å²) in [5.41, 5.74) is 0.723. The molecule has 8 nitrogen and oxygen atoms in total. The largest absolute Gasteiger partial charge is 0.324 e. The monoisotopic (exact) mass is 394 g/mol. The second-order valence-corrected chi connectivity index (χ2v) is 7.26. The van der Waals surface area contributed by atoms with Gasteiger partial charge in [0.2, 0.25) is 16.1 Å². The number of amides is 1. The molecule has 0 radical (unpaired) electrons. The molecule has 0 fully saturated rings. The van der Waals surface area contributed by atoms with Crippen molar-refractivity contribution in [1.82, 2.24) is 0 Å². The standard InChI is InChI=1S/C16H15ClN4O4S/c1-10(22)15(16(23)19-12-4-2-11(17)3-5-12)21-20-13-6-8-14(9-7-13)26(18,24)25/h2-9,15H,1H3,(H,19,23)(H2,18,24,25)/t15-/m1/s1. The van der Waals surface area contributed by atoms with Gasteiger partial charge in [-0.05, 0) is 55.5 Å². The molecule has 10 heteroatoms. The number of halogens is 1. The van der Waals surface area contributed by atoms with Gasteiger partial charge in [-0.15, -0.1) is 0 Å². The van der Waals surface area contributed by atoms with Crippen LogP contribution in [0.25, 0.3) is 0 Å². The summed E-state index contributed by atoms with van der Waals surface area (Å²) in [5, 5.41) is 15.6. The summed E-state index contributed by atoms with van der Waals surface area (Å²) in [5.74, 6) is -1.15. The molecular weight excluding hydrogens is 380 g/mol. The average Bonchev–Trinajstić information content (AvgIpc) is 2.56. The van der Waals surface area contributed by atoms with Crippen LogP contribution < -0.4 is 10.5 Å². The summed E-state index contributed by atoms with van der Waals surface area (Å²) in [4.78, 5) is 23.9. The lowest BCUT2D eigenvalue weighted by Crippen LogP contribution is -2.31. The number of primary sulfonamides is 1. The molecule has 0 spiro atoms. The van der Waals surface area contributed by atoms with Crippen LogP contribution in [0.3, 0.4) is 0 Å². The van der Waals surface area contributed by atoms with E-state index in [1.807, 2.05) is 0 Å². The smallest absolute Gasteiger partial charge is 0.258 e. The van der Waals surface area contributed by atoms with Crippen LogP contribution in [0.15, 0.2) is 63.7 Å². The number of Topliss-reactive ketones (excluding diaryl/α,β-unsaturated/α-hetero) is 1. The molecule has 0 aliphatic carbocycles. The number of hydrogen-bond donors (Lipinski definition) is 2. The summed E-state index contributed by atoms with van der Waals surface area (Å²) in [7, 11) is -3.82. The third kappa shape index (κ3) is 5.45. The highest BCUT2D eigenvalue weighted by Crippen LogP contribution is 2.18. The number of carbonyl (C=O) groups excluding carboxylic acids is 2. The predicted octanol–water partition coefficient (Wildman–Crippen LogP) is 2.67. The Kier molecular flexibility index (Phi) is 6.19. The van der Waals surface area contributed by atoms with Crippen molar-refractivity contribution in [2.75, 3.05) is 5.32 Å². The van der Waals surface area contributed by atoms with Gasteiger partial charge in [-0.25, -0.2) is 13.6 Å². The molecule has 2 aromatic rings. The quantitative estimate of drug-likeness (QED) is 0.575. The van der Waals surface area contributed by atoms with Gasteiger partial charge in [0.25, 0.3) is 5.91 Å². The molecule has 2 rings (SSSR count). The molecule has 0 aliphatic heterocycles. The van der Waals surface area contributed by atoms with Crippen LogP contribution in [-0.2, 0) is 19.6 Å². The number of nitrogens with zero attached hydrogens (tertiary/aromatic N) is 2. The number of hydrogen-bond acceptors (Lipinski definition) is 6. The first-order chi connectivity index (χ1) is 12.2. The molecule has 3 N–H and O–H groups in total. The molecule has 0 saturated heterocycles. The number of benzene rings is 2. The van der Waals surface area contributed by atoms with Crippen molar-refractivity contribution in [3.63, 3.8) is 0 Å². The Labute approximate surface area is 155 Å². The average molecular weight is 395 g/mol. The number of rotatable bonds is 6. The molecule has 2 aromatic carbocycles. The van der Waals surface area contributed by atoms with E-state index < -0.39 is 27.8 Å². The zero-order valence-electron chi connectivity index (χ0n) is 13.6. The molecule has 1 amide bonds. The summed E-state index contributed by atoms with van der Waals surface area (Å²) < 4.78 is 22.4. The van der Waals surface area contributed by atoms with Gasteiger partial charge < -0.3 is 5.32 Å². The molecular formula is C16H15ClN4O4S. The first-order valence-electron chi connectivity index (χ1n) is 7.27. The highest BCUT2D eigenvalue weighted by molar-refractivity contribution is 7.89. The number of carbonyl (C=O) groups is 2. The molecule has 0 aliphatic rings. The Morgan fingerprint density at radius 1 is 1.08 bits per heavy atom. The lowest BCUT2D eigenvalue weighted by atomic mass is 10.2. The fourth-order valence-corrected chi connectivity index (χ4v) is 2.53. The molecule has 0 heterocycles. The van der Waals surface area contributed by atoms with E-state index in [-0.39, 0.29) is 10.6 Å². The summed E-state index contributed by atoms with van der Waals surface area (Å²) >= 11 is 5.77. The van der Waals surface area contributed by atoms with Crippen LogP contribution in [-0.4, -0.2) is 26.2 Å². The lowest BCUT2D eigenvalue weighted by Gasteiger charge is -2.09. The minimum atomic E-state index is -3.82. The van der Waals surface area contributed by atoms with Crippen molar-refractivity contribution in [2.24, 2.45) is 15.4 Å². The van der Waals surface area contributed by atoms with Gasteiger partial charge in [-0.1, -0.05) is 11.6 Å². The summed E-state index contributed by atoms with van der Waals surface area (Å²) in [6.07, 6.45) is 0. The predicted molar refractivity (Wildman–Crippen MR) is 96.9 cm³/mol. The van der Waals surface area contributed by atoms with Crippen molar-refractivity contribution in [1.29, 1.82) is 0 Å². The summed E-state index contributed by atoms with van der Waals surface area (Å²) in [6, 6.07) is 10.2. The van der Waals surface area contributed by atoms with Crippen molar-refractivity contribution < 1.29 is 18.0 Å². The van der Waals surface area contributed by atoms with Gasteiger partial charge >= 0.3 is 0 Å². The van der Waals surface area contributed by atoms with Gasteiger partial charge in [0, 0.05) is 10.7 Å². The number of nitrogens with one attached hydrogen (secondary N) is 1. The van der Waals surface area contributed by atoms with E-state index >= 15 is 0 Å². The maximum Gasteiger partial charge on any atom is 0.258 e. The van der Waals surface area contributed by atoms with Crippen LogP contribution >= 0.6 is 11.6 Å². The normalized spacial score (nSPS) is 12.7. The lowest BCUT2D eigenvalue weighted by molar-refractivity contribution is -0.126. The number of azo groups is 1. The van der Waals surface area contributed by atoms with Crippen LogP contribution in [0.2, 0.25) is 5.02 Å². The third-order valence-electron chi connectivity index (χ3n) is 3.20. The number of ketones is 1. The van der Waals surface area contributed by atoms with E-state index in [2.05, 4.69) is 15.5 Å². The van der Waals surface area contributed by atoms with Crippen molar-refractivity contribution in [3.8, 4) is 0 Å². The first-order valence-corrected chi connectivity index (χ1v) is 9.20. The van der Waals surface area contributed by atoms with E-state index in [0.29, 0.717) is 10.7 Å². The highest BCUT2D eigenvalue weighted by atomic mass is 35.5. The fourth-order valence-electron chi connectivity index (χ4n) is 1.89. The molecule has 136 valence electrons. The molecule has 0 unspecified atom stereocenters. The van der Waals surface area contributed by atoms with E-state index in [0.717, 1.165) is 0 Å². The maximum atomic E-state index is 12.2. The second-order valence-electron chi connectivity index (χ2n) is 5.26. The van der Waals surface area contributed by atoms with Crippen LogP contribution in [0, 0.1) is 0 Å². The topological polar surface area (TPSA) is 131 Å². The van der Waals surface area contributed by atoms with E-state index in [1.165, 1.54) is 31.2 Å². The Bertz CT molecular complexity index is 941. The maximum absolute atomic E-state index is 12.2. The number of nitrogens with two attached hydrogens (primary N) is 1. The molecule has 0 aromatic heterocycles. The van der Waals surface area contributed by atoms with Crippen LogP contribution in [0.1, 0.15) is 6.92 Å². The first kappa shape index (κ1) is 19.7. The van der Waals surface area contributed by atoms with E-state index in [4.69, 9.17) is 16.7 Å². The van der Waals surface area contributed by atoms with E-state index in [9.17, 15) is 18.0 Å². The van der Waals surface area contributed by atoms with Crippen molar-refractivity contribution in [3.05, 3.63) is 53.6 Å². The van der Waals surface area contributed by atoms with Gasteiger partial charge in [0.1, 0.15) is 0 Å². The fraction of sp³-hybridized carbons (Fsp3) is 0.125.